The van der Waals surface area contributed by atoms with Crippen LogP contribution in [-0.4, -0.2) is 49.9 Å². The zero-order chi connectivity index (χ0) is 14.9. The number of hydrogen-bond acceptors (Lipinski definition) is 6. The van der Waals surface area contributed by atoms with Crippen molar-refractivity contribution in [3.63, 3.8) is 0 Å². The van der Waals surface area contributed by atoms with Crippen molar-refractivity contribution in [2.24, 2.45) is 0 Å². The highest BCUT2D eigenvalue weighted by Crippen LogP contribution is 2.28. The molecule has 3 rings (SSSR count). The van der Waals surface area contributed by atoms with Crippen molar-refractivity contribution in [2.75, 3.05) is 25.1 Å². The van der Waals surface area contributed by atoms with Crippen molar-refractivity contribution in [3.05, 3.63) is 12.4 Å². The van der Waals surface area contributed by atoms with Gasteiger partial charge in [0.1, 0.15) is 0 Å². The lowest BCUT2D eigenvalue weighted by atomic mass is 10.1. The van der Waals surface area contributed by atoms with E-state index in [2.05, 4.69) is 19.6 Å². The van der Waals surface area contributed by atoms with Gasteiger partial charge in [-0.1, -0.05) is 0 Å². The van der Waals surface area contributed by atoms with Crippen LogP contribution in [-0.2, 0) is 10.0 Å². The van der Waals surface area contributed by atoms with Crippen molar-refractivity contribution in [3.8, 4) is 5.88 Å². The van der Waals surface area contributed by atoms with Crippen LogP contribution >= 0.6 is 0 Å². The predicted molar refractivity (Wildman–Crippen MR) is 78.9 cm³/mol. The van der Waals surface area contributed by atoms with Crippen LogP contribution in [0.4, 0.5) is 5.82 Å². The summed E-state index contributed by atoms with van der Waals surface area (Å²) in [5.41, 5.74) is 0. The second kappa shape index (κ2) is 5.76. The maximum atomic E-state index is 12.0. The van der Waals surface area contributed by atoms with Gasteiger partial charge in [0.15, 0.2) is 5.82 Å². The number of aromatic nitrogens is 2. The van der Waals surface area contributed by atoms with Crippen molar-refractivity contribution >= 4 is 15.8 Å². The van der Waals surface area contributed by atoms with Gasteiger partial charge in [-0.25, -0.2) is 13.1 Å². The van der Waals surface area contributed by atoms with E-state index in [1.165, 1.54) is 0 Å². The number of anilines is 1. The number of sulfonamides is 1. The van der Waals surface area contributed by atoms with Crippen molar-refractivity contribution < 1.29 is 13.2 Å². The first kappa shape index (κ1) is 14.5. The van der Waals surface area contributed by atoms with Crippen LogP contribution in [0.15, 0.2) is 12.4 Å². The summed E-state index contributed by atoms with van der Waals surface area (Å²) >= 11 is 0. The van der Waals surface area contributed by atoms with E-state index in [1.54, 1.807) is 19.5 Å². The molecule has 8 heteroatoms. The number of ether oxygens (including phenoxy) is 1. The van der Waals surface area contributed by atoms with Gasteiger partial charge < -0.3 is 9.64 Å². The molecule has 2 fully saturated rings. The number of nitrogens with zero attached hydrogens (tertiary/aromatic N) is 3. The molecule has 0 spiro atoms. The molecule has 1 atom stereocenters. The Morgan fingerprint density at radius 2 is 2.14 bits per heavy atom. The fourth-order valence-corrected chi connectivity index (χ4v) is 4.18. The Hall–Kier alpha value is -1.41. The van der Waals surface area contributed by atoms with E-state index in [1.807, 2.05) is 0 Å². The summed E-state index contributed by atoms with van der Waals surface area (Å²) in [6, 6.07) is -0.0580. The van der Waals surface area contributed by atoms with E-state index in [0.29, 0.717) is 12.4 Å². The maximum absolute atomic E-state index is 12.0. The lowest BCUT2D eigenvalue weighted by molar-refractivity contribution is 0.394. The van der Waals surface area contributed by atoms with E-state index in [9.17, 15) is 8.42 Å². The average Bonchev–Trinajstić information content (AvgIpc) is 3.32. The molecule has 1 aromatic rings. The minimum atomic E-state index is -3.14. The Labute approximate surface area is 124 Å². The van der Waals surface area contributed by atoms with Gasteiger partial charge in [-0.15, -0.1) is 0 Å². The first-order valence-electron chi connectivity index (χ1n) is 7.20. The minimum Gasteiger partial charge on any atom is -0.480 e. The fraction of sp³-hybridized carbons (Fsp3) is 0.692. The molecule has 1 saturated heterocycles. The second-order valence-electron chi connectivity index (χ2n) is 5.57. The second-order valence-corrected chi connectivity index (χ2v) is 7.56. The van der Waals surface area contributed by atoms with Crippen LogP contribution in [0.1, 0.15) is 25.7 Å². The highest BCUT2D eigenvalue weighted by Gasteiger charge is 2.37. The van der Waals surface area contributed by atoms with Gasteiger partial charge in [0.05, 0.1) is 24.8 Å². The van der Waals surface area contributed by atoms with E-state index in [-0.39, 0.29) is 11.3 Å². The molecule has 1 unspecified atom stereocenters. The third-order valence-electron chi connectivity index (χ3n) is 3.85. The molecule has 1 aliphatic heterocycles. The lowest BCUT2D eigenvalue weighted by Crippen LogP contribution is -2.48. The van der Waals surface area contributed by atoms with E-state index < -0.39 is 10.0 Å². The average molecular weight is 312 g/mol. The van der Waals surface area contributed by atoms with Gasteiger partial charge in [-0.2, -0.15) is 4.98 Å². The molecule has 1 aliphatic carbocycles. The third-order valence-corrected chi connectivity index (χ3v) is 5.86. The van der Waals surface area contributed by atoms with Crippen LogP contribution in [0, 0.1) is 0 Å². The predicted octanol–water partition coefficient (Wildman–Crippen LogP) is 0.536. The van der Waals surface area contributed by atoms with Gasteiger partial charge >= 0.3 is 0 Å². The summed E-state index contributed by atoms with van der Waals surface area (Å²) in [6.07, 6.45) is 6.60. The highest BCUT2D eigenvalue weighted by molar-refractivity contribution is 7.90. The number of hydrogen-bond donors (Lipinski definition) is 1. The molecule has 1 saturated carbocycles. The largest absolute Gasteiger partial charge is 0.480 e. The minimum absolute atomic E-state index is 0.0580. The molecule has 2 aliphatic rings. The van der Waals surface area contributed by atoms with E-state index >= 15 is 0 Å². The molecule has 0 aromatic carbocycles. The van der Waals surface area contributed by atoms with Crippen molar-refractivity contribution in [2.45, 2.75) is 37.0 Å². The van der Waals surface area contributed by atoms with Crippen molar-refractivity contribution in [1.82, 2.24) is 14.7 Å². The first-order chi connectivity index (χ1) is 10.1. The molecular formula is C13H20N4O3S. The van der Waals surface area contributed by atoms with Crippen LogP contribution in [0.25, 0.3) is 0 Å². The third kappa shape index (κ3) is 3.44. The molecule has 0 amide bonds. The Balaban J connectivity index is 1.67. The quantitative estimate of drug-likeness (QED) is 0.854. The number of piperidine rings is 1. The van der Waals surface area contributed by atoms with Crippen LogP contribution < -0.4 is 14.4 Å². The van der Waals surface area contributed by atoms with Crippen LogP contribution in [0.2, 0.25) is 0 Å². The molecule has 0 bridgehead atoms. The summed E-state index contributed by atoms with van der Waals surface area (Å²) in [6.45, 7) is 1.47. The summed E-state index contributed by atoms with van der Waals surface area (Å²) in [4.78, 5) is 10.5. The van der Waals surface area contributed by atoms with Gasteiger partial charge in [0.2, 0.25) is 15.9 Å². The summed E-state index contributed by atoms with van der Waals surface area (Å²) < 4.78 is 32.0. The summed E-state index contributed by atoms with van der Waals surface area (Å²) in [5.74, 6) is 1.19. The molecule has 2 heterocycles. The topological polar surface area (TPSA) is 84.4 Å². The monoisotopic (exact) mass is 312 g/mol. The smallest absolute Gasteiger partial charge is 0.233 e. The highest BCUT2D eigenvalue weighted by atomic mass is 32.2. The van der Waals surface area contributed by atoms with Gasteiger partial charge in [0.25, 0.3) is 0 Å². The number of methoxy groups -OCH3 is 1. The normalized spacial score (nSPS) is 23.1. The lowest BCUT2D eigenvalue weighted by Gasteiger charge is -2.33. The number of rotatable bonds is 5. The van der Waals surface area contributed by atoms with E-state index in [0.717, 1.165) is 38.0 Å². The molecule has 21 heavy (non-hydrogen) atoms. The molecule has 7 nitrogen and oxygen atoms in total. The fourth-order valence-electron chi connectivity index (χ4n) is 2.58. The molecule has 1 N–H and O–H groups in total. The van der Waals surface area contributed by atoms with Gasteiger partial charge in [0, 0.05) is 19.1 Å². The van der Waals surface area contributed by atoms with Crippen LogP contribution in [0.5, 0.6) is 5.88 Å². The van der Waals surface area contributed by atoms with E-state index in [4.69, 9.17) is 4.74 Å². The molecular weight excluding hydrogens is 292 g/mol. The van der Waals surface area contributed by atoms with Crippen LogP contribution in [0.3, 0.4) is 0 Å². The first-order valence-corrected chi connectivity index (χ1v) is 8.75. The van der Waals surface area contributed by atoms with Gasteiger partial charge in [-0.05, 0) is 25.7 Å². The Morgan fingerprint density at radius 1 is 1.33 bits per heavy atom. The van der Waals surface area contributed by atoms with Gasteiger partial charge in [-0.3, -0.25) is 4.98 Å². The molecule has 1 aromatic heterocycles. The molecule has 0 radical (unpaired) electrons. The number of nitrogens with one attached hydrogen (secondary N) is 1. The maximum Gasteiger partial charge on any atom is 0.233 e. The SMILES string of the molecule is COc1cncc(N2CCCC(NS(=O)(=O)C3CC3)C2)n1. The van der Waals surface area contributed by atoms with Crippen molar-refractivity contribution in [1.29, 1.82) is 0 Å². The Morgan fingerprint density at radius 3 is 2.86 bits per heavy atom. The zero-order valence-corrected chi connectivity index (χ0v) is 12.8. The zero-order valence-electron chi connectivity index (χ0n) is 12.0. The molecule has 116 valence electrons. The summed E-state index contributed by atoms with van der Waals surface area (Å²) in [7, 11) is -1.59. The standard InChI is InChI=1S/C13H20N4O3S/c1-20-13-8-14-7-12(15-13)17-6-2-3-10(9-17)16-21(18,19)11-4-5-11/h7-8,10-11,16H,2-6,9H2,1H3. The Kier molecular flexibility index (Phi) is 3.99. The summed E-state index contributed by atoms with van der Waals surface area (Å²) in [5, 5.41) is -0.176. The Bertz CT molecular complexity index is 603.